The van der Waals surface area contributed by atoms with E-state index >= 15 is 0 Å². The van der Waals surface area contributed by atoms with Crippen molar-refractivity contribution in [3.8, 4) is 5.75 Å². The van der Waals surface area contributed by atoms with Crippen molar-refractivity contribution >= 4 is 28.5 Å². The zero-order chi connectivity index (χ0) is 32.1. The number of fused-ring (bicyclic) bond motifs is 1. The fourth-order valence-electron chi connectivity index (χ4n) is 5.80. The van der Waals surface area contributed by atoms with Crippen molar-refractivity contribution in [2.24, 2.45) is 11.1 Å². The van der Waals surface area contributed by atoms with Crippen molar-refractivity contribution in [2.75, 3.05) is 40.0 Å². The molecule has 2 unspecified atom stereocenters. The van der Waals surface area contributed by atoms with Gasteiger partial charge in [0.2, 0.25) is 6.61 Å². The second-order valence-corrected chi connectivity index (χ2v) is 11.3. The quantitative estimate of drug-likeness (QED) is 0.0720. The summed E-state index contributed by atoms with van der Waals surface area (Å²) in [6.45, 7) is 2.06. The van der Waals surface area contributed by atoms with Crippen molar-refractivity contribution in [1.82, 2.24) is 4.90 Å². The predicted octanol–water partition coefficient (Wildman–Crippen LogP) is 6.70. The zero-order valence-corrected chi connectivity index (χ0v) is 26.0. The van der Waals surface area contributed by atoms with Crippen LogP contribution in [0.25, 0.3) is 10.8 Å². The van der Waals surface area contributed by atoms with E-state index in [1.165, 1.54) is 12.0 Å². The van der Waals surface area contributed by atoms with Gasteiger partial charge in [-0.2, -0.15) is 0 Å². The van der Waals surface area contributed by atoms with E-state index in [9.17, 15) is 14.7 Å². The third-order valence-electron chi connectivity index (χ3n) is 8.22. The first-order valence-corrected chi connectivity index (χ1v) is 15.6. The Morgan fingerprint density at radius 2 is 1.65 bits per heavy atom. The molecule has 4 aromatic carbocycles. The highest BCUT2D eigenvalue weighted by molar-refractivity contribution is 5.91. The molecule has 2 atom stereocenters. The smallest absolute Gasteiger partial charge is 0.407 e. The molecule has 1 aliphatic heterocycles. The second kappa shape index (κ2) is 16.4. The molecule has 0 aromatic heterocycles. The monoisotopic (exact) mass is 624 g/mol. The Morgan fingerprint density at radius 3 is 2.41 bits per heavy atom. The Balaban J connectivity index is 1.29. The summed E-state index contributed by atoms with van der Waals surface area (Å²) < 4.78 is 16.4. The Bertz CT molecular complexity index is 1610. The van der Waals surface area contributed by atoms with E-state index in [0.717, 1.165) is 39.6 Å². The van der Waals surface area contributed by atoms with Crippen LogP contribution in [0.15, 0.2) is 102 Å². The van der Waals surface area contributed by atoms with Crippen LogP contribution in [0.4, 0.5) is 4.79 Å². The van der Waals surface area contributed by atoms with Gasteiger partial charge in [-0.25, -0.2) is 9.59 Å². The minimum Gasteiger partial charge on any atom is -0.494 e. The molecule has 4 aromatic rings. The number of ether oxygens (including phenoxy) is 3. The van der Waals surface area contributed by atoms with Crippen molar-refractivity contribution < 1.29 is 33.7 Å². The maximum absolute atomic E-state index is 12.1. The van der Waals surface area contributed by atoms with E-state index < -0.39 is 12.1 Å². The maximum Gasteiger partial charge on any atom is 0.407 e. The lowest BCUT2D eigenvalue weighted by molar-refractivity contribution is -0.145. The standard InChI is InChI=1S/C37H40N2O7/c1-43-36(40)26-46-38-35(23-28-12-13-29-10-5-6-11-31(29)22-28)34-24-39(37(41)42)19-18-33(34)30-14-16-32(17-15-30)45-21-7-20-44-25-27-8-3-2-4-9-27/h2-6,8-17,22,33-34H,7,18-21,23-26H2,1H3,(H,41,42)/b38-35-. The molecule has 5 rings (SSSR count). The van der Waals surface area contributed by atoms with Gasteiger partial charge in [0.15, 0.2) is 0 Å². The minimum atomic E-state index is -0.972. The number of benzene rings is 4. The Morgan fingerprint density at radius 1 is 0.891 bits per heavy atom. The first-order chi connectivity index (χ1) is 22.5. The largest absolute Gasteiger partial charge is 0.494 e. The number of likely N-dealkylation sites (tertiary alicyclic amines) is 1. The van der Waals surface area contributed by atoms with Gasteiger partial charge in [0.1, 0.15) is 5.75 Å². The molecule has 46 heavy (non-hydrogen) atoms. The van der Waals surface area contributed by atoms with Crippen LogP contribution in [0.5, 0.6) is 5.75 Å². The van der Waals surface area contributed by atoms with E-state index in [1.54, 1.807) is 0 Å². The van der Waals surface area contributed by atoms with Crippen LogP contribution in [0.1, 0.15) is 35.4 Å². The molecule has 0 spiro atoms. The van der Waals surface area contributed by atoms with Gasteiger partial charge in [0.05, 0.1) is 32.6 Å². The van der Waals surface area contributed by atoms with Gasteiger partial charge in [-0.3, -0.25) is 0 Å². The summed E-state index contributed by atoms with van der Waals surface area (Å²) in [6.07, 6.45) is 0.850. The zero-order valence-electron chi connectivity index (χ0n) is 26.0. The Kier molecular flexibility index (Phi) is 11.6. The number of esters is 1. The average Bonchev–Trinajstić information content (AvgIpc) is 3.09. The highest BCUT2D eigenvalue weighted by Gasteiger charge is 2.36. The number of amides is 1. The molecule has 240 valence electrons. The van der Waals surface area contributed by atoms with Crippen molar-refractivity contribution in [1.29, 1.82) is 0 Å². The van der Waals surface area contributed by atoms with Crippen molar-refractivity contribution in [3.63, 3.8) is 0 Å². The van der Waals surface area contributed by atoms with Gasteiger partial charge in [0, 0.05) is 31.8 Å². The number of oxime groups is 1. The number of carbonyl (C=O) groups is 2. The first kappa shape index (κ1) is 32.5. The maximum atomic E-state index is 12.1. The molecule has 0 bridgehead atoms. The number of carbonyl (C=O) groups excluding carboxylic acids is 1. The number of carboxylic acid groups (broad SMARTS) is 1. The van der Waals surface area contributed by atoms with Crippen molar-refractivity contribution in [3.05, 3.63) is 114 Å². The minimum absolute atomic E-state index is 0.0167. The summed E-state index contributed by atoms with van der Waals surface area (Å²) >= 11 is 0. The predicted molar refractivity (Wildman–Crippen MR) is 176 cm³/mol. The van der Waals surface area contributed by atoms with Gasteiger partial charge in [-0.1, -0.05) is 90.1 Å². The van der Waals surface area contributed by atoms with Gasteiger partial charge >= 0.3 is 12.1 Å². The molecule has 9 heteroatoms. The molecular formula is C37H40N2O7. The van der Waals surface area contributed by atoms with Crippen LogP contribution >= 0.6 is 0 Å². The summed E-state index contributed by atoms with van der Waals surface area (Å²) in [5.74, 6) is -0.0724. The van der Waals surface area contributed by atoms with Crippen LogP contribution in [0, 0.1) is 5.92 Å². The van der Waals surface area contributed by atoms with E-state index in [4.69, 9.17) is 19.0 Å². The summed E-state index contributed by atoms with van der Waals surface area (Å²) in [7, 11) is 1.29. The number of piperidine rings is 1. The molecule has 1 heterocycles. The molecule has 0 aliphatic carbocycles. The molecule has 9 nitrogen and oxygen atoms in total. The fraction of sp³-hybridized carbons (Fsp3) is 0.324. The molecule has 1 N–H and O–H groups in total. The lowest BCUT2D eigenvalue weighted by Gasteiger charge is -2.38. The van der Waals surface area contributed by atoms with E-state index in [1.807, 2.05) is 72.8 Å². The summed E-state index contributed by atoms with van der Waals surface area (Å²) in [4.78, 5) is 30.8. The van der Waals surface area contributed by atoms with E-state index in [-0.39, 0.29) is 25.0 Å². The SMILES string of the molecule is COC(=O)CO/N=C(/Cc1ccc2ccccc2c1)C1CN(C(=O)O)CCC1c1ccc(OCCCOCc2ccccc2)cc1. The van der Waals surface area contributed by atoms with Gasteiger partial charge < -0.3 is 29.1 Å². The van der Waals surface area contributed by atoms with Gasteiger partial charge in [-0.05, 0) is 51.9 Å². The molecule has 1 fully saturated rings. The topological polar surface area (TPSA) is 107 Å². The third-order valence-corrected chi connectivity index (χ3v) is 8.22. The highest BCUT2D eigenvalue weighted by Crippen LogP contribution is 2.36. The van der Waals surface area contributed by atoms with Crippen LogP contribution in [0.2, 0.25) is 0 Å². The normalized spacial score (nSPS) is 16.6. The van der Waals surface area contributed by atoms with Crippen molar-refractivity contribution in [2.45, 2.75) is 31.8 Å². The van der Waals surface area contributed by atoms with Crippen LogP contribution < -0.4 is 4.74 Å². The Labute approximate surface area is 269 Å². The average molecular weight is 625 g/mol. The lowest BCUT2D eigenvalue weighted by atomic mass is 9.76. The molecular weight excluding hydrogens is 584 g/mol. The summed E-state index contributed by atoms with van der Waals surface area (Å²) in [5, 5.41) is 16.5. The van der Waals surface area contributed by atoms with E-state index in [0.29, 0.717) is 44.9 Å². The number of nitrogens with zero attached hydrogens (tertiary/aromatic N) is 2. The molecule has 1 saturated heterocycles. The van der Waals surface area contributed by atoms with Crippen LogP contribution in [-0.2, 0) is 32.1 Å². The van der Waals surface area contributed by atoms with Gasteiger partial charge in [-0.15, -0.1) is 0 Å². The molecule has 1 aliphatic rings. The van der Waals surface area contributed by atoms with Gasteiger partial charge in [0.25, 0.3) is 0 Å². The lowest BCUT2D eigenvalue weighted by Crippen LogP contribution is -2.45. The third kappa shape index (κ3) is 9.08. The molecule has 0 saturated carbocycles. The second-order valence-electron chi connectivity index (χ2n) is 11.3. The van der Waals surface area contributed by atoms with Crippen LogP contribution in [0.3, 0.4) is 0 Å². The Hall–Kier alpha value is -4.89. The number of rotatable bonds is 14. The number of hydrogen-bond acceptors (Lipinski definition) is 7. The highest BCUT2D eigenvalue weighted by atomic mass is 16.6. The molecule has 1 amide bonds. The van der Waals surface area contributed by atoms with Crippen LogP contribution in [-0.4, -0.2) is 67.8 Å². The fourth-order valence-corrected chi connectivity index (χ4v) is 5.80. The number of hydrogen-bond donors (Lipinski definition) is 1. The summed E-state index contributed by atoms with van der Waals surface area (Å²) in [5.41, 5.74) is 3.90. The molecule has 0 radical (unpaired) electrons. The first-order valence-electron chi connectivity index (χ1n) is 15.6. The van der Waals surface area contributed by atoms with E-state index in [2.05, 4.69) is 29.4 Å². The summed E-state index contributed by atoms with van der Waals surface area (Å²) in [6, 6.07) is 32.4. The number of methoxy groups -OCH3 is 1.